The van der Waals surface area contributed by atoms with Gasteiger partial charge in [0, 0.05) is 50.4 Å². The first-order chi connectivity index (χ1) is 10.8. The first kappa shape index (κ1) is 13.7. The monoisotopic (exact) mass is 314 g/mol. The summed E-state index contributed by atoms with van der Waals surface area (Å²) in [6.45, 7) is 4.12. The van der Waals surface area contributed by atoms with Crippen LogP contribution >= 0.6 is 11.3 Å². The van der Waals surface area contributed by atoms with Gasteiger partial charge in [-0.2, -0.15) is 16.4 Å². The molecule has 0 atom stereocenters. The number of hydrogen-bond acceptors (Lipinski definition) is 4. The lowest BCUT2D eigenvalue weighted by Gasteiger charge is -2.27. The van der Waals surface area contributed by atoms with Crippen molar-refractivity contribution in [2.75, 3.05) is 19.6 Å². The normalized spacial score (nSPS) is 17.9. The van der Waals surface area contributed by atoms with Crippen molar-refractivity contribution < 1.29 is 4.79 Å². The van der Waals surface area contributed by atoms with E-state index in [-0.39, 0.29) is 5.91 Å². The summed E-state index contributed by atoms with van der Waals surface area (Å²) in [5, 5.41) is 11.7. The molecule has 0 saturated carbocycles. The van der Waals surface area contributed by atoms with E-state index in [9.17, 15) is 4.79 Å². The van der Waals surface area contributed by atoms with Crippen molar-refractivity contribution in [2.24, 2.45) is 0 Å². The number of aromatic nitrogens is 2. The van der Waals surface area contributed by atoms with Crippen molar-refractivity contribution in [3.63, 3.8) is 0 Å². The molecule has 2 aliphatic heterocycles. The molecule has 0 aliphatic carbocycles. The number of thiophene rings is 1. The van der Waals surface area contributed by atoms with E-state index < -0.39 is 0 Å². The van der Waals surface area contributed by atoms with Crippen LogP contribution in [0.15, 0.2) is 29.0 Å². The molecule has 1 N–H and O–H groups in total. The summed E-state index contributed by atoms with van der Waals surface area (Å²) in [6.07, 6.45) is 4.98. The van der Waals surface area contributed by atoms with Gasteiger partial charge in [0.1, 0.15) is 0 Å². The summed E-state index contributed by atoms with van der Waals surface area (Å²) in [4.78, 5) is 16.8. The van der Waals surface area contributed by atoms with Gasteiger partial charge in [0.05, 0.1) is 0 Å². The third-order valence-electron chi connectivity index (χ3n) is 4.31. The number of fused-ring (bicyclic) bond motifs is 1. The topological polar surface area (TPSA) is 52.2 Å². The number of carbonyl (C=O) groups is 1. The van der Waals surface area contributed by atoms with E-state index in [1.807, 2.05) is 17.1 Å². The second-order valence-corrected chi connectivity index (χ2v) is 6.58. The van der Waals surface area contributed by atoms with Gasteiger partial charge in [0.2, 0.25) is 0 Å². The Balaban J connectivity index is 1.53. The van der Waals surface area contributed by atoms with Crippen molar-refractivity contribution in [3.05, 3.63) is 51.5 Å². The van der Waals surface area contributed by atoms with Gasteiger partial charge in [-0.3, -0.25) is 14.8 Å². The molecule has 2 aromatic rings. The first-order valence-electron chi connectivity index (χ1n) is 7.55. The summed E-state index contributed by atoms with van der Waals surface area (Å²) in [5.74, 6) is 0.0416. The second-order valence-electron chi connectivity index (χ2n) is 5.80. The molecule has 2 aromatic heterocycles. The molecule has 0 fully saturated rings. The molecular weight excluding hydrogens is 296 g/mol. The standard InChI is InChI=1S/C16H18N4OS/c21-16(20-5-1-2-6-20)15-13-10-19(7-3-14(13)17-18-15)9-12-4-8-22-11-12/h1-2,4,8,11H,3,5-7,9-10H2,(H,17,18). The zero-order valence-corrected chi connectivity index (χ0v) is 13.1. The number of nitrogens with zero attached hydrogens (tertiary/aromatic N) is 3. The van der Waals surface area contributed by atoms with E-state index >= 15 is 0 Å². The lowest BCUT2D eigenvalue weighted by Crippen LogP contribution is -2.33. The Hall–Kier alpha value is -1.92. The highest BCUT2D eigenvalue weighted by Crippen LogP contribution is 2.23. The van der Waals surface area contributed by atoms with Crippen LogP contribution in [0.4, 0.5) is 0 Å². The lowest BCUT2D eigenvalue weighted by molar-refractivity contribution is 0.0791. The Morgan fingerprint density at radius 1 is 1.36 bits per heavy atom. The van der Waals surface area contributed by atoms with E-state index in [1.165, 1.54) is 5.56 Å². The van der Waals surface area contributed by atoms with Crippen molar-refractivity contribution in [3.8, 4) is 0 Å². The smallest absolute Gasteiger partial charge is 0.275 e. The molecular formula is C16H18N4OS. The number of nitrogens with one attached hydrogen (secondary N) is 1. The molecule has 6 heteroatoms. The van der Waals surface area contributed by atoms with E-state index in [0.717, 1.165) is 37.3 Å². The fourth-order valence-corrected chi connectivity index (χ4v) is 3.76. The van der Waals surface area contributed by atoms with Crippen LogP contribution in [-0.2, 0) is 19.5 Å². The molecule has 2 aliphatic rings. The van der Waals surface area contributed by atoms with E-state index in [4.69, 9.17) is 0 Å². The highest BCUT2D eigenvalue weighted by Gasteiger charge is 2.28. The fourth-order valence-electron chi connectivity index (χ4n) is 3.10. The summed E-state index contributed by atoms with van der Waals surface area (Å²) >= 11 is 1.73. The number of aromatic amines is 1. The largest absolute Gasteiger partial charge is 0.330 e. The molecule has 4 rings (SSSR count). The second kappa shape index (κ2) is 5.70. The Bertz CT molecular complexity index is 696. The van der Waals surface area contributed by atoms with Crippen LogP contribution in [0.5, 0.6) is 0 Å². The number of rotatable bonds is 3. The van der Waals surface area contributed by atoms with Crippen molar-refractivity contribution in [2.45, 2.75) is 19.5 Å². The maximum Gasteiger partial charge on any atom is 0.275 e. The maximum atomic E-state index is 12.6. The lowest BCUT2D eigenvalue weighted by atomic mass is 10.0. The van der Waals surface area contributed by atoms with Crippen molar-refractivity contribution >= 4 is 17.2 Å². The third-order valence-corrected chi connectivity index (χ3v) is 5.04. The number of amides is 1. The van der Waals surface area contributed by atoms with Gasteiger partial charge >= 0.3 is 0 Å². The van der Waals surface area contributed by atoms with Crippen LogP contribution in [0.25, 0.3) is 0 Å². The van der Waals surface area contributed by atoms with Crippen molar-refractivity contribution in [1.82, 2.24) is 20.0 Å². The Morgan fingerprint density at radius 3 is 3.00 bits per heavy atom. The molecule has 0 unspecified atom stereocenters. The number of carbonyl (C=O) groups excluding carboxylic acids is 1. The van der Waals surface area contributed by atoms with E-state index in [2.05, 4.69) is 31.9 Å². The van der Waals surface area contributed by atoms with Gasteiger partial charge in [-0.05, 0) is 22.4 Å². The Kier molecular flexibility index (Phi) is 3.56. The molecule has 0 spiro atoms. The molecule has 0 saturated heterocycles. The number of hydrogen-bond donors (Lipinski definition) is 1. The SMILES string of the molecule is O=C(c1n[nH]c2c1CN(Cc1ccsc1)CC2)N1CC=CC1. The van der Waals surface area contributed by atoms with Gasteiger partial charge in [-0.15, -0.1) is 0 Å². The average molecular weight is 314 g/mol. The Labute approximate surface area is 133 Å². The molecule has 4 heterocycles. The molecule has 114 valence electrons. The molecule has 5 nitrogen and oxygen atoms in total. The van der Waals surface area contributed by atoms with Crippen LogP contribution in [0.3, 0.4) is 0 Å². The zero-order valence-electron chi connectivity index (χ0n) is 12.3. The summed E-state index contributed by atoms with van der Waals surface area (Å²) < 4.78 is 0. The summed E-state index contributed by atoms with van der Waals surface area (Å²) in [5.41, 5.74) is 4.15. The van der Waals surface area contributed by atoms with E-state index in [1.54, 1.807) is 11.3 Å². The minimum Gasteiger partial charge on any atom is -0.330 e. The predicted octanol–water partition coefficient (Wildman–Crippen LogP) is 2.04. The van der Waals surface area contributed by atoms with Crippen LogP contribution in [0.2, 0.25) is 0 Å². The van der Waals surface area contributed by atoms with Gasteiger partial charge < -0.3 is 4.90 Å². The Morgan fingerprint density at radius 2 is 2.23 bits per heavy atom. The van der Waals surface area contributed by atoms with Gasteiger partial charge in [0.15, 0.2) is 5.69 Å². The highest BCUT2D eigenvalue weighted by atomic mass is 32.1. The maximum absolute atomic E-state index is 12.6. The first-order valence-corrected chi connectivity index (χ1v) is 8.49. The minimum absolute atomic E-state index is 0.0416. The molecule has 0 radical (unpaired) electrons. The number of H-pyrrole nitrogens is 1. The molecule has 0 bridgehead atoms. The predicted molar refractivity (Wildman–Crippen MR) is 85.8 cm³/mol. The van der Waals surface area contributed by atoms with Gasteiger partial charge in [0.25, 0.3) is 5.91 Å². The van der Waals surface area contributed by atoms with Crippen LogP contribution in [-0.4, -0.2) is 45.5 Å². The van der Waals surface area contributed by atoms with Crippen LogP contribution in [0, 0.1) is 0 Å². The minimum atomic E-state index is 0.0416. The quantitative estimate of drug-likeness (QED) is 0.882. The average Bonchev–Trinajstić information content (AvgIpc) is 3.28. The molecule has 1 amide bonds. The summed E-state index contributed by atoms with van der Waals surface area (Å²) in [7, 11) is 0. The zero-order chi connectivity index (χ0) is 14.9. The van der Waals surface area contributed by atoms with Gasteiger partial charge in [-0.1, -0.05) is 12.2 Å². The fraction of sp³-hybridized carbons (Fsp3) is 0.375. The van der Waals surface area contributed by atoms with Crippen molar-refractivity contribution in [1.29, 1.82) is 0 Å². The molecule has 0 aromatic carbocycles. The van der Waals surface area contributed by atoms with Crippen LogP contribution < -0.4 is 0 Å². The van der Waals surface area contributed by atoms with Crippen LogP contribution in [0.1, 0.15) is 27.3 Å². The van der Waals surface area contributed by atoms with Gasteiger partial charge in [-0.25, -0.2) is 0 Å². The highest BCUT2D eigenvalue weighted by molar-refractivity contribution is 7.07. The molecule has 22 heavy (non-hydrogen) atoms. The third kappa shape index (κ3) is 2.48. The van der Waals surface area contributed by atoms with E-state index in [0.29, 0.717) is 18.8 Å². The summed E-state index contributed by atoms with van der Waals surface area (Å²) in [6, 6.07) is 2.16.